The Labute approximate surface area is 271 Å². The number of alkyl halides is 1. The van der Waals surface area contributed by atoms with Crippen LogP contribution in [0.5, 0.6) is 0 Å². The number of rotatable bonds is 7. The van der Waals surface area contributed by atoms with Crippen molar-refractivity contribution in [2.75, 3.05) is 24.3 Å². The summed E-state index contributed by atoms with van der Waals surface area (Å²) in [5, 5.41) is 11.8. The highest BCUT2D eigenvalue weighted by Crippen LogP contribution is 2.22. The Morgan fingerprint density at radius 2 is 1.41 bits per heavy atom. The van der Waals surface area contributed by atoms with Gasteiger partial charge in [0.1, 0.15) is 11.1 Å². The van der Waals surface area contributed by atoms with E-state index in [1.165, 1.54) is 16.6 Å². The van der Waals surface area contributed by atoms with Crippen LogP contribution in [0.1, 0.15) is 44.9 Å². The predicted molar refractivity (Wildman–Crippen MR) is 171 cm³/mol. The normalized spacial score (nSPS) is 10.1. The molecule has 0 aliphatic rings. The van der Waals surface area contributed by atoms with E-state index in [0.29, 0.717) is 16.5 Å². The average Bonchev–Trinajstić information content (AvgIpc) is 3.47. The van der Waals surface area contributed by atoms with Gasteiger partial charge in [-0.2, -0.15) is 5.10 Å². The van der Waals surface area contributed by atoms with E-state index in [1.807, 2.05) is 60.7 Å². The Morgan fingerprint density at radius 3 is 2.00 bits per heavy atom. The number of fused-ring (bicyclic) bond motifs is 1. The van der Waals surface area contributed by atoms with E-state index in [1.54, 1.807) is 20.0 Å². The van der Waals surface area contributed by atoms with E-state index in [4.69, 9.17) is 38.4 Å². The zero-order valence-corrected chi connectivity index (χ0v) is 26.7. The highest BCUT2D eigenvalue weighted by atomic mass is 79.9. The van der Waals surface area contributed by atoms with Crippen molar-refractivity contribution in [2.24, 2.45) is 0 Å². The van der Waals surface area contributed by atoms with Crippen LogP contribution in [0, 0.1) is 0 Å². The first kappa shape index (κ1) is 34.1. The lowest BCUT2D eigenvalue weighted by Gasteiger charge is -2.03. The van der Waals surface area contributed by atoms with Gasteiger partial charge in [-0.15, -0.1) is 10.2 Å². The number of nitrogen functional groups attached to an aromatic ring is 1. The lowest BCUT2D eigenvalue weighted by atomic mass is 10.2. The van der Waals surface area contributed by atoms with E-state index in [-0.39, 0.29) is 40.7 Å². The molecule has 5 rings (SSSR count). The maximum Gasteiger partial charge on any atom is 0.342 e. The van der Waals surface area contributed by atoms with Gasteiger partial charge in [-0.25, -0.2) is 19.1 Å². The van der Waals surface area contributed by atoms with Crippen LogP contribution in [-0.4, -0.2) is 61.1 Å². The lowest BCUT2D eigenvalue weighted by molar-refractivity contribution is 0.0517. The molecule has 0 bridgehead atoms. The molecule has 0 radical (unpaired) electrons. The molecular weight excluding hydrogens is 675 g/mol. The second kappa shape index (κ2) is 17.0. The Hall–Kier alpha value is -4.39. The number of carbonyl (C=O) groups excluding carboxylic acids is 3. The largest absolute Gasteiger partial charge is 0.462 e. The van der Waals surface area contributed by atoms with Crippen molar-refractivity contribution in [1.29, 1.82) is 0 Å². The molecule has 0 amide bonds. The number of carbonyl (C=O) groups is 3. The van der Waals surface area contributed by atoms with Gasteiger partial charge < -0.3 is 15.2 Å². The molecule has 3 heterocycles. The molecule has 11 nitrogen and oxygen atoms in total. The Bertz CT molecular complexity index is 1720. The number of esters is 2. The zero-order chi connectivity index (χ0) is 32.1. The number of ketones is 1. The van der Waals surface area contributed by atoms with E-state index in [0.717, 1.165) is 16.8 Å². The van der Waals surface area contributed by atoms with Gasteiger partial charge in [0.2, 0.25) is 0 Å². The van der Waals surface area contributed by atoms with Crippen LogP contribution < -0.4 is 5.73 Å². The Kier molecular flexibility index (Phi) is 13.2. The minimum absolute atomic E-state index is 0.0165. The van der Waals surface area contributed by atoms with Gasteiger partial charge in [0, 0.05) is 11.1 Å². The molecule has 0 aliphatic heterocycles. The fourth-order valence-corrected chi connectivity index (χ4v) is 4.17. The van der Waals surface area contributed by atoms with E-state index in [2.05, 4.69) is 36.2 Å². The van der Waals surface area contributed by atoms with Gasteiger partial charge >= 0.3 is 11.9 Å². The first-order chi connectivity index (χ1) is 21.2. The molecule has 2 N–H and O–H groups in total. The molecule has 2 aromatic carbocycles. The monoisotopic (exact) mass is 700 g/mol. The standard InChI is InChI=1S/C15H12ClN3O2.C8H7BrO.C7H8ClN3O2/c1-2-21-15(20)11-8-13(16)18-19-9-12(17-14(11)19)10-6-4-3-5-7-10;9-6-8(10)7-4-2-1-3-5-7;1-2-13-7(12)4-3-5(8)10-11-6(4)9/h3-9H,2H2,1H3;1-5H,6H2;3H,2H2,1H3,(H2,9,11). The molecule has 0 fully saturated rings. The molecule has 0 unspecified atom stereocenters. The minimum atomic E-state index is -0.545. The maximum absolute atomic E-state index is 12.0. The summed E-state index contributed by atoms with van der Waals surface area (Å²) in [4.78, 5) is 38.6. The summed E-state index contributed by atoms with van der Waals surface area (Å²) in [6, 6.07) is 21.7. The molecule has 5 aromatic rings. The van der Waals surface area contributed by atoms with Gasteiger partial charge in [0.05, 0.1) is 30.4 Å². The summed E-state index contributed by atoms with van der Waals surface area (Å²) in [5.41, 5.74) is 8.68. The molecule has 0 saturated carbocycles. The van der Waals surface area contributed by atoms with Gasteiger partial charge in [-0.05, 0) is 26.0 Å². The topological polar surface area (TPSA) is 152 Å². The molecule has 0 atom stereocenters. The van der Waals surface area contributed by atoms with Gasteiger partial charge in [0.15, 0.2) is 27.6 Å². The first-order valence-corrected chi connectivity index (χ1v) is 14.9. The number of Topliss-reactive ketones (excluding diaryl/α,β-unsaturated/α-hetero) is 1. The number of aromatic nitrogens is 5. The van der Waals surface area contributed by atoms with Gasteiger partial charge in [0.25, 0.3) is 0 Å². The molecule has 44 heavy (non-hydrogen) atoms. The zero-order valence-electron chi connectivity index (χ0n) is 23.6. The fraction of sp³-hybridized carbons (Fsp3) is 0.167. The van der Waals surface area contributed by atoms with E-state index in [9.17, 15) is 14.4 Å². The molecule has 0 aliphatic carbocycles. The molecule has 228 valence electrons. The minimum Gasteiger partial charge on any atom is -0.462 e. The second-order valence-electron chi connectivity index (χ2n) is 8.47. The summed E-state index contributed by atoms with van der Waals surface area (Å²) in [6.07, 6.45) is 1.74. The van der Waals surface area contributed by atoms with Crippen LogP contribution in [0.2, 0.25) is 10.3 Å². The summed E-state index contributed by atoms with van der Waals surface area (Å²) in [5.74, 6) is -0.864. The molecule has 0 saturated heterocycles. The number of ether oxygens (including phenoxy) is 2. The number of hydrogen-bond acceptors (Lipinski definition) is 10. The third kappa shape index (κ3) is 9.56. The van der Waals surface area contributed by atoms with Gasteiger partial charge in [-0.3, -0.25) is 4.79 Å². The van der Waals surface area contributed by atoms with Crippen molar-refractivity contribution in [3.63, 3.8) is 0 Å². The number of nitrogens with two attached hydrogens (primary N) is 1. The van der Waals surface area contributed by atoms with Crippen molar-refractivity contribution < 1.29 is 23.9 Å². The molecule has 14 heteroatoms. The average molecular weight is 702 g/mol. The molecule has 3 aromatic heterocycles. The van der Waals surface area contributed by atoms with Crippen molar-refractivity contribution in [3.05, 3.63) is 106 Å². The first-order valence-electron chi connectivity index (χ1n) is 13.1. The van der Waals surface area contributed by atoms with Crippen LogP contribution in [0.4, 0.5) is 5.82 Å². The van der Waals surface area contributed by atoms with E-state index < -0.39 is 11.9 Å². The fourth-order valence-electron chi connectivity index (χ4n) is 3.50. The van der Waals surface area contributed by atoms with Crippen molar-refractivity contribution in [3.8, 4) is 11.3 Å². The number of anilines is 1. The molecular formula is C30H27BrCl2N6O5. The van der Waals surface area contributed by atoms with Crippen LogP contribution in [0.25, 0.3) is 16.9 Å². The van der Waals surface area contributed by atoms with Crippen molar-refractivity contribution >= 4 is 68.3 Å². The highest BCUT2D eigenvalue weighted by molar-refractivity contribution is 9.09. The smallest absolute Gasteiger partial charge is 0.342 e. The summed E-state index contributed by atoms with van der Waals surface area (Å²) in [7, 11) is 0. The second-order valence-corrected chi connectivity index (χ2v) is 9.81. The quantitative estimate of drug-likeness (QED) is 0.115. The summed E-state index contributed by atoms with van der Waals surface area (Å²) < 4.78 is 11.2. The lowest BCUT2D eigenvalue weighted by Crippen LogP contribution is -2.10. The van der Waals surface area contributed by atoms with Crippen LogP contribution in [0.15, 0.2) is 79.0 Å². The third-order valence-corrected chi connectivity index (χ3v) is 6.34. The number of nitrogens with zero attached hydrogens (tertiary/aromatic N) is 5. The van der Waals surface area contributed by atoms with Crippen molar-refractivity contribution in [2.45, 2.75) is 13.8 Å². The SMILES string of the molecule is CCOC(=O)c1cc(Cl)nn2cc(-c3ccccc3)nc12.CCOC(=O)c1cc(Cl)nnc1N.O=C(CBr)c1ccccc1. The van der Waals surface area contributed by atoms with Crippen molar-refractivity contribution in [1.82, 2.24) is 24.8 Å². The third-order valence-electron chi connectivity index (χ3n) is 5.47. The summed E-state index contributed by atoms with van der Waals surface area (Å²) >= 11 is 14.6. The maximum atomic E-state index is 12.0. The van der Waals surface area contributed by atoms with Crippen LogP contribution in [-0.2, 0) is 9.47 Å². The van der Waals surface area contributed by atoms with Crippen LogP contribution >= 0.6 is 39.1 Å². The van der Waals surface area contributed by atoms with E-state index >= 15 is 0 Å². The number of hydrogen-bond donors (Lipinski definition) is 1. The Balaban J connectivity index is 0.000000197. The summed E-state index contributed by atoms with van der Waals surface area (Å²) in [6.45, 7) is 4.01. The predicted octanol–water partition coefficient (Wildman–Crippen LogP) is 6.38. The number of benzene rings is 2. The number of halogens is 3. The highest BCUT2D eigenvalue weighted by Gasteiger charge is 2.17. The van der Waals surface area contributed by atoms with Gasteiger partial charge in [-0.1, -0.05) is 99.8 Å². The van der Waals surface area contributed by atoms with Crippen LogP contribution in [0.3, 0.4) is 0 Å². The Morgan fingerprint density at radius 1 is 0.841 bits per heavy atom. The molecule has 0 spiro atoms. The number of imidazole rings is 1.